The lowest BCUT2D eigenvalue weighted by Crippen LogP contribution is -2.61. The quantitative estimate of drug-likeness (QED) is 0.0107. The average molecular weight is 1220 g/mol. The van der Waals surface area contributed by atoms with Crippen LogP contribution in [0.1, 0.15) is 82.9 Å². The Hall–Kier alpha value is -9.86. The molecule has 1 aromatic heterocycles. The number of carboxylic acids is 1. The fraction of sp³-hybridized carbons (Fsp3) is 0.433. The van der Waals surface area contributed by atoms with Crippen molar-refractivity contribution in [2.45, 2.75) is 134 Å². The van der Waals surface area contributed by atoms with Crippen LogP contribution in [-0.4, -0.2) is 160 Å². The molecule has 0 fully saturated rings. The van der Waals surface area contributed by atoms with E-state index in [0.717, 1.165) is 30.3 Å². The molecule has 1 heterocycles. The molecule has 4 rings (SSSR count). The molecule has 4 aromatic rings. The Balaban J connectivity index is 1.51. The monoisotopic (exact) mass is 1220 g/mol. The molecule has 19 N–H and O–H groups in total. The number of phenols is 1. The molecule has 0 spiro atoms. The second-order valence-electron chi connectivity index (χ2n) is 21.5. The van der Waals surface area contributed by atoms with E-state index in [0.29, 0.717) is 30.5 Å². The molecule has 28 heteroatoms. The number of aliphatic hydroxyl groups is 1. The van der Waals surface area contributed by atoms with Crippen molar-refractivity contribution in [3.05, 3.63) is 114 Å². The Morgan fingerprint density at radius 1 is 0.614 bits per heavy atom. The van der Waals surface area contributed by atoms with Gasteiger partial charge in [-0.05, 0) is 73.4 Å². The van der Waals surface area contributed by atoms with Crippen molar-refractivity contribution in [3.63, 3.8) is 0 Å². The Kier molecular flexibility index (Phi) is 28.5. The fourth-order valence-electron chi connectivity index (χ4n) is 9.25. The van der Waals surface area contributed by atoms with Crippen molar-refractivity contribution in [2.75, 3.05) is 20.1 Å². The minimum atomic E-state index is -1.88. The zero-order valence-corrected chi connectivity index (χ0v) is 49.8. The number of carboxylic acid groups (broad SMARTS) is 1. The molecule has 0 radical (unpaired) electrons. The van der Waals surface area contributed by atoms with E-state index in [1.54, 1.807) is 42.6 Å². The first-order chi connectivity index (χ1) is 41.7. The number of aromatic nitrogens is 1. The van der Waals surface area contributed by atoms with Crippen LogP contribution < -0.4 is 65.1 Å². The molecule has 0 aliphatic rings. The Morgan fingerprint density at radius 2 is 1.17 bits per heavy atom. The smallest absolute Gasteiger partial charge is 0.303 e. The highest BCUT2D eigenvalue weighted by molar-refractivity contribution is 5.99. The van der Waals surface area contributed by atoms with E-state index in [9.17, 15) is 68.1 Å². The van der Waals surface area contributed by atoms with Gasteiger partial charge in [-0.2, -0.15) is 0 Å². The molecule has 476 valence electrons. The number of rotatable bonds is 36. The molecule has 0 unspecified atom stereocenters. The summed E-state index contributed by atoms with van der Waals surface area (Å²) >= 11 is 0. The predicted molar refractivity (Wildman–Crippen MR) is 325 cm³/mol. The summed E-state index contributed by atoms with van der Waals surface area (Å²) in [4.78, 5) is 154. The summed E-state index contributed by atoms with van der Waals surface area (Å²) in [6, 6.07) is 11.2. The summed E-state index contributed by atoms with van der Waals surface area (Å²) in [6.07, 6.45) is 1.58. The number of amides is 10. The van der Waals surface area contributed by atoms with Gasteiger partial charge in [-0.25, -0.2) is 0 Å². The van der Waals surface area contributed by atoms with Crippen molar-refractivity contribution < 1.29 is 68.1 Å². The number of H-pyrrole nitrogens is 1. The van der Waals surface area contributed by atoms with Crippen molar-refractivity contribution in [1.29, 1.82) is 0 Å². The minimum absolute atomic E-state index is 0.0407. The molecular weight excluding hydrogens is 1140 g/mol. The molecule has 0 saturated heterocycles. The lowest BCUT2D eigenvalue weighted by Gasteiger charge is -2.27. The van der Waals surface area contributed by atoms with Crippen LogP contribution in [0.2, 0.25) is 0 Å². The largest absolute Gasteiger partial charge is 0.508 e. The normalized spacial score (nSPS) is 14.5. The highest BCUT2D eigenvalue weighted by Gasteiger charge is 2.36. The number of primary amides is 2. The number of guanidine groups is 1. The number of nitrogens with one attached hydrogen (secondary N) is 10. The number of aliphatic hydroxyl groups excluding tert-OH is 1. The first kappa shape index (κ1) is 70.6. The number of phenolic OH excluding ortho intramolecular Hbond substituents is 1. The maximum absolute atomic E-state index is 14.2. The molecule has 0 bridgehead atoms. The van der Waals surface area contributed by atoms with Crippen LogP contribution in [0, 0.1) is 11.8 Å². The number of hydrogen-bond acceptors (Lipinski definition) is 14. The number of aromatic amines is 1. The Morgan fingerprint density at radius 3 is 1.77 bits per heavy atom. The van der Waals surface area contributed by atoms with Crippen LogP contribution in [0.4, 0.5) is 0 Å². The first-order valence-electron chi connectivity index (χ1n) is 28.6. The lowest BCUT2D eigenvalue weighted by molar-refractivity contribution is -0.139. The topological polar surface area (TPSA) is 463 Å². The highest BCUT2D eigenvalue weighted by atomic mass is 16.4. The van der Waals surface area contributed by atoms with Gasteiger partial charge in [-0.1, -0.05) is 86.7 Å². The number of carbonyl (C=O) groups is 11. The Labute approximate surface area is 508 Å². The summed E-state index contributed by atoms with van der Waals surface area (Å²) in [6.45, 7) is 6.17. The first-order valence-corrected chi connectivity index (χ1v) is 28.6. The highest BCUT2D eigenvalue weighted by Crippen LogP contribution is 2.20. The van der Waals surface area contributed by atoms with Gasteiger partial charge in [-0.3, -0.25) is 57.7 Å². The zero-order chi connectivity index (χ0) is 65.0. The molecular formula is C60H82N14O14. The van der Waals surface area contributed by atoms with Gasteiger partial charge in [0, 0.05) is 69.8 Å². The summed E-state index contributed by atoms with van der Waals surface area (Å²) in [7, 11) is 1.50. The van der Waals surface area contributed by atoms with E-state index in [1.807, 2.05) is 38.1 Å². The maximum atomic E-state index is 14.2. The van der Waals surface area contributed by atoms with Gasteiger partial charge in [0.1, 0.15) is 48.0 Å². The molecule has 9 atom stereocenters. The summed E-state index contributed by atoms with van der Waals surface area (Å²) < 4.78 is 0. The third-order valence-corrected chi connectivity index (χ3v) is 13.8. The summed E-state index contributed by atoms with van der Waals surface area (Å²) in [5, 5.41) is 54.1. The van der Waals surface area contributed by atoms with Gasteiger partial charge in [0.25, 0.3) is 0 Å². The number of benzene rings is 3. The molecule has 0 aliphatic carbocycles. The van der Waals surface area contributed by atoms with Crippen LogP contribution >= 0.6 is 0 Å². The third kappa shape index (κ3) is 24.3. The van der Waals surface area contributed by atoms with Crippen LogP contribution in [0.3, 0.4) is 0 Å². The number of carbonyl (C=O) groups excluding carboxylic acids is 10. The van der Waals surface area contributed by atoms with Crippen molar-refractivity contribution in [2.24, 2.45) is 34.0 Å². The maximum Gasteiger partial charge on any atom is 0.303 e. The Bertz CT molecular complexity index is 3110. The van der Waals surface area contributed by atoms with Crippen LogP contribution in [0.25, 0.3) is 10.9 Å². The van der Waals surface area contributed by atoms with E-state index in [4.69, 9.17) is 17.2 Å². The van der Waals surface area contributed by atoms with Crippen molar-refractivity contribution >= 4 is 81.9 Å². The van der Waals surface area contributed by atoms with Gasteiger partial charge in [0.2, 0.25) is 59.1 Å². The van der Waals surface area contributed by atoms with Gasteiger partial charge >= 0.3 is 5.97 Å². The van der Waals surface area contributed by atoms with E-state index in [1.165, 1.54) is 37.4 Å². The molecule has 88 heavy (non-hydrogen) atoms. The van der Waals surface area contributed by atoms with Gasteiger partial charge in [-0.15, -0.1) is 0 Å². The summed E-state index contributed by atoms with van der Waals surface area (Å²) in [5.74, 6) is -11.1. The van der Waals surface area contributed by atoms with E-state index in [-0.39, 0.29) is 49.9 Å². The number of aromatic hydroxyl groups is 1. The number of para-hydroxylation sites is 1. The van der Waals surface area contributed by atoms with E-state index >= 15 is 0 Å². The fourth-order valence-corrected chi connectivity index (χ4v) is 9.25. The predicted octanol–water partition coefficient (Wildman–Crippen LogP) is -1.43. The van der Waals surface area contributed by atoms with E-state index in [2.05, 4.69) is 57.8 Å². The average Bonchev–Trinajstić information content (AvgIpc) is 2.31. The molecule has 0 saturated carbocycles. The number of aliphatic carboxylic acids is 1. The standard InChI is InChI=1S/C60H82N14O14/c1-33(2)27-38(53(82)69-43(18-12-26-66-60(63)64-5)55(84)71-45(52(62)81)30-39-32-67-42-17-10-9-16-41(39)42)15-11-25-65-54(83)46(28-36-13-7-6-8-14-36)73-59(88)51(34(3)75)74-58(87)48(31-49(61)78)72-56(85)44(23-24-50(79)80)70-57(86)47(68-35(4)76)29-37-19-21-40(77)22-20-37/h6-11,13-17,19-22,32-34,38,43-48,51,67,75,77H,12,18,23-31H2,1-5H3,(H2,61,78)(H2,62,81)(H,65,83)(H,68,76)(H,69,82)(H,70,86)(H,71,84)(H,72,85)(H,73,88)(H,74,87)(H,79,80)(H3,63,64,66)/b15-11+/t34-,38+,43+,44+,45+,46+,47-,48+,51+/m1/s1. The number of nitrogens with two attached hydrogens (primary N) is 3. The molecule has 10 amide bonds. The van der Waals surface area contributed by atoms with Crippen LogP contribution in [0.15, 0.2) is 102 Å². The van der Waals surface area contributed by atoms with Gasteiger partial charge in [0.05, 0.1) is 18.4 Å². The zero-order valence-electron chi connectivity index (χ0n) is 49.8. The van der Waals surface area contributed by atoms with Crippen LogP contribution in [-0.2, 0) is 72.0 Å². The SMILES string of the molecule is CN=C(N)NCCC[C@H](NC(=O)[C@@H](/C=C/CNC(=O)[C@H](Cc1ccccc1)NC(=O)[C@@H](NC(=O)[C@H](CC(N)=O)NC(=O)[C@H](CCC(=O)O)NC(=O)[C@@H](Cc1ccc(O)cc1)NC(C)=O)[C@@H](C)O)CC(C)C)C(=O)N[C@@H](Cc1c[nH]c2ccccc12)C(N)=O. The van der Waals surface area contributed by atoms with Gasteiger partial charge in [0.15, 0.2) is 5.96 Å². The second-order valence-corrected chi connectivity index (χ2v) is 21.5. The van der Waals surface area contributed by atoms with E-state index < -0.39 is 139 Å². The number of fused-ring (bicyclic) bond motifs is 1. The number of aliphatic imine (C=N–C) groups is 1. The molecule has 3 aromatic carbocycles. The van der Waals surface area contributed by atoms with Crippen molar-refractivity contribution in [3.8, 4) is 5.75 Å². The molecule has 28 nitrogen and oxygen atoms in total. The second kappa shape index (κ2) is 35.6. The van der Waals surface area contributed by atoms with Gasteiger partial charge < -0.3 is 85.4 Å². The minimum Gasteiger partial charge on any atom is -0.508 e. The third-order valence-electron chi connectivity index (χ3n) is 13.8. The summed E-state index contributed by atoms with van der Waals surface area (Å²) in [5.41, 5.74) is 19.7. The lowest BCUT2D eigenvalue weighted by atomic mass is 9.95. The number of nitrogens with zero attached hydrogens (tertiary/aromatic N) is 1. The van der Waals surface area contributed by atoms with Crippen molar-refractivity contribution in [1.82, 2.24) is 52.8 Å². The van der Waals surface area contributed by atoms with Crippen LogP contribution in [0.5, 0.6) is 5.75 Å². The number of hydrogen-bond donors (Lipinski definition) is 16. The molecule has 0 aliphatic heterocycles.